The van der Waals surface area contributed by atoms with Crippen molar-refractivity contribution in [2.75, 3.05) is 7.11 Å². The number of fused-ring (bicyclic) bond motifs is 1. The normalized spacial score (nSPS) is 10.7. The van der Waals surface area contributed by atoms with Crippen LogP contribution in [0.5, 0.6) is 5.75 Å². The van der Waals surface area contributed by atoms with Crippen LogP contribution in [0, 0.1) is 12.7 Å². The highest BCUT2D eigenvalue weighted by Gasteiger charge is 2.10. The molecule has 68 valence electrons. The van der Waals surface area contributed by atoms with E-state index in [1.807, 2.05) is 18.4 Å². The summed E-state index contributed by atoms with van der Waals surface area (Å²) in [5, 5.41) is 2.74. The molecule has 0 aliphatic carbocycles. The van der Waals surface area contributed by atoms with E-state index in [-0.39, 0.29) is 5.82 Å². The largest absolute Gasteiger partial charge is 0.496 e. The van der Waals surface area contributed by atoms with E-state index in [2.05, 4.69) is 0 Å². The third kappa shape index (κ3) is 1.20. The van der Waals surface area contributed by atoms with Gasteiger partial charge in [-0.3, -0.25) is 0 Å². The molecule has 0 radical (unpaired) electrons. The Kier molecular flexibility index (Phi) is 1.96. The molecule has 0 atom stereocenters. The van der Waals surface area contributed by atoms with Crippen LogP contribution in [0.1, 0.15) is 5.56 Å². The van der Waals surface area contributed by atoms with Crippen LogP contribution in [0.15, 0.2) is 17.5 Å². The lowest BCUT2D eigenvalue weighted by Gasteiger charge is -2.06. The Morgan fingerprint density at radius 3 is 2.92 bits per heavy atom. The average molecular weight is 196 g/mol. The fourth-order valence-corrected chi connectivity index (χ4v) is 2.28. The molecule has 0 saturated heterocycles. The van der Waals surface area contributed by atoms with Crippen LogP contribution in [-0.4, -0.2) is 7.11 Å². The zero-order valence-electron chi connectivity index (χ0n) is 7.43. The van der Waals surface area contributed by atoms with Crippen LogP contribution in [0.25, 0.3) is 10.1 Å². The number of thiophene rings is 1. The van der Waals surface area contributed by atoms with Crippen molar-refractivity contribution in [3.05, 3.63) is 28.9 Å². The van der Waals surface area contributed by atoms with Crippen molar-refractivity contribution < 1.29 is 9.13 Å². The first-order chi connectivity index (χ1) is 6.24. The Hall–Kier alpha value is -1.09. The summed E-state index contributed by atoms with van der Waals surface area (Å²) in [5.41, 5.74) is 0.839. The van der Waals surface area contributed by atoms with Gasteiger partial charge in [-0.1, -0.05) is 0 Å². The summed E-state index contributed by atoms with van der Waals surface area (Å²) in [4.78, 5) is 0. The minimum absolute atomic E-state index is 0.164. The molecule has 1 nitrogen and oxygen atoms in total. The van der Waals surface area contributed by atoms with Gasteiger partial charge >= 0.3 is 0 Å². The number of rotatable bonds is 1. The smallest absolute Gasteiger partial charge is 0.141 e. The molecule has 0 N–H and O–H groups in total. The maximum Gasteiger partial charge on any atom is 0.141 e. The molecule has 0 bridgehead atoms. The Morgan fingerprint density at radius 2 is 2.23 bits per heavy atom. The van der Waals surface area contributed by atoms with Gasteiger partial charge in [0.2, 0.25) is 0 Å². The summed E-state index contributed by atoms with van der Waals surface area (Å²) in [6.45, 7) is 1.85. The van der Waals surface area contributed by atoms with Gasteiger partial charge in [-0.2, -0.15) is 0 Å². The Bertz CT molecular complexity index is 447. The Morgan fingerprint density at radius 1 is 1.46 bits per heavy atom. The molecule has 0 aliphatic rings. The molecular weight excluding hydrogens is 187 g/mol. The van der Waals surface area contributed by atoms with E-state index in [9.17, 15) is 4.39 Å². The van der Waals surface area contributed by atoms with Gasteiger partial charge in [0.15, 0.2) is 0 Å². The second kappa shape index (κ2) is 3.00. The van der Waals surface area contributed by atoms with Gasteiger partial charge in [0.25, 0.3) is 0 Å². The quantitative estimate of drug-likeness (QED) is 0.679. The van der Waals surface area contributed by atoms with E-state index < -0.39 is 0 Å². The second-order valence-corrected chi connectivity index (χ2v) is 3.79. The number of benzene rings is 1. The molecule has 1 aromatic heterocycles. The number of hydrogen-bond acceptors (Lipinski definition) is 2. The molecular formula is C10H9FOS. The SMILES string of the molecule is COc1c(C)cc(F)c2sccc12. The molecule has 0 aliphatic heterocycles. The molecule has 13 heavy (non-hydrogen) atoms. The Balaban J connectivity index is 2.88. The zero-order chi connectivity index (χ0) is 9.42. The summed E-state index contributed by atoms with van der Waals surface area (Å²) in [5.74, 6) is 0.612. The topological polar surface area (TPSA) is 9.23 Å². The number of hydrogen-bond donors (Lipinski definition) is 0. The molecule has 1 heterocycles. The lowest BCUT2D eigenvalue weighted by atomic mass is 10.1. The van der Waals surface area contributed by atoms with Crippen molar-refractivity contribution in [2.45, 2.75) is 6.92 Å². The number of ether oxygens (including phenoxy) is 1. The highest BCUT2D eigenvalue weighted by atomic mass is 32.1. The van der Waals surface area contributed by atoms with Crippen LogP contribution >= 0.6 is 11.3 Å². The first kappa shape index (κ1) is 8.51. The van der Waals surface area contributed by atoms with Crippen molar-refractivity contribution in [1.29, 1.82) is 0 Å². The molecule has 0 fully saturated rings. The minimum Gasteiger partial charge on any atom is -0.496 e. The highest BCUT2D eigenvalue weighted by Crippen LogP contribution is 2.34. The summed E-state index contributed by atoms with van der Waals surface area (Å²) >= 11 is 1.40. The van der Waals surface area contributed by atoms with Crippen LogP contribution in [0.4, 0.5) is 4.39 Å². The monoisotopic (exact) mass is 196 g/mol. The molecule has 1 aromatic carbocycles. The third-order valence-electron chi connectivity index (χ3n) is 2.03. The molecule has 0 spiro atoms. The molecule has 0 unspecified atom stereocenters. The van der Waals surface area contributed by atoms with Crippen LogP contribution in [-0.2, 0) is 0 Å². The molecule has 2 rings (SSSR count). The number of halogens is 1. The van der Waals surface area contributed by atoms with Gasteiger partial charge in [-0.05, 0) is 30.0 Å². The average Bonchev–Trinajstić information content (AvgIpc) is 2.53. The van der Waals surface area contributed by atoms with Crippen LogP contribution < -0.4 is 4.74 Å². The third-order valence-corrected chi connectivity index (χ3v) is 2.96. The number of methoxy groups -OCH3 is 1. The van der Waals surface area contributed by atoms with E-state index in [0.717, 1.165) is 16.7 Å². The zero-order valence-corrected chi connectivity index (χ0v) is 8.24. The first-order valence-corrected chi connectivity index (χ1v) is 4.82. The Labute approximate surface area is 79.8 Å². The van der Waals surface area contributed by atoms with Crippen LogP contribution in [0.2, 0.25) is 0 Å². The second-order valence-electron chi connectivity index (χ2n) is 2.87. The molecule has 3 heteroatoms. The van der Waals surface area contributed by atoms with Gasteiger partial charge in [0.1, 0.15) is 11.6 Å². The maximum atomic E-state index is 13.4. The van der Waals surface area contributed by atoms with E-state index in [1.54, 1.807) is 7.11 Å². The predicted octanol–water partition coefficient (Wildman–Crippen LogP) is 3.36. The molecule has 0 saturated carbocycles. The minimum atomic E-state index is -0.164. The van der Waals surface area contributed by atoms with Gasteiger partial charge < -0.3 is 4.74 Å². The lowest BCUT2D eigenvalue weighted by molar-refractivity contribution is 0.416. The fraction of sp³-hybridized carbons (Fsp3) is 0.200. The highest BCUT2D eigenvalue weighted by molar-refractivity contribution is 7.17. The van der Waals surface area contributed by atoms with Crippen molar-refractivity contribution >= 4 is 21.4 Å². The standard InChI is InChI=1S/C10H9FOS/c1-6-5-8(11)10-7(3-4-13-10)9(6)12-2/h3-5H,1-2H3. The van der Waals surface area contributed by atoms with E-state index >= 15 is 0 Å². The van der Waals surface area contributed by atoms with Crippen LogP contribution in [0.3, 0.4) is 0 Å². The summed E-state index contributed by atoms with van der Waals surface area (Å²) in [6.07, 6.45) is 0. The molecule has 2 aromatic rings. The van der Waals surface area contributed by atoms with Crippen molar-refractivity contribution in [3.8, 4) is 5.75 Å². The van der Waals surface area contributed by atoms with Gasteiger partial charge in [-0.25, -0.2) is 4.39 Å². The summed E-state index contributed by atoms with van der Waals surface area (Å²) in [6, 6.07) is 3.40. The van der Waals surface area contributed by atoms with Gasteiger partial charge in [0, 0.05) is 5.39 Å². The predicted molar refractivity (Wildman–Crippen MR) is 53.1 cm³/mol. The number of aryl methyl sites for hydroxylation is 1. The van der Waals surface area contributed by atoms with Gasteiger partial charge in [0.05, 0.1) is 11.8 Å². The maximum absolute atomic E-state index is 13.4. The summed E-state index contributed by atoms with van der Waals surface area (Å²) in [7, 11) is 1.61. The lowest BCUT2D eigenvalue weighted by Crippen LogP contribution is -1.89. The van der Waals surface area contributed by atoms with Crippen molar-refractivity contribution in [3.63, 3.8) is 0 Å². The van der Waals surface area contributed by atoms with E-state index in [1.165, 1.54) is 17.4 Å². The van der Waals surface area contributed by atoms with Crippen molar-refractivity contribution in [2.24, 2.45) is 0 Å². The molecule has 0 amide bonds. The first-order valence-electron chi connectivity index (χ1n) is 3.94. The van der Waals surface area contributed by atoms with E-state index in [4.69, 9.17) is 4.74 Å². The van der Waals surface area contributed by atoms with Gasteiger partial charge in [-0.15, -0.1) is 11.3 Å². The van der Waals surface area contributed by atoms with Crippen molar-refractivity contribution in [1.82, 2.24) is 0 Å². The summed E-state index contributed by atoms with van der Waals surface area (Å²) < 4.78 is 19.2. The van der Waals surface area contributed by atoms with E-state index in [0.29, 0.717) is 4.70 Å². The fourth-order valence-electron chi connectivity index (χ4n) is 1.48.